The molecule has 0 saturated carbocycles. The van der Waals surface area contributed by atoms with Crippen molar-refractivity contribution in [1.82, 2.24) is 9.55 Å². The number of benzene rings is 1. The number of fused-ring (bicyclic) bond motifs is 3. The van der Waals surface area contributed by atoms with E-state index in [0.29, 0.717) is 5.56 Å². The first-order valence-electron chi connectivity index (χ1n) is 9.29. The zero-order valence-corrected chi connectivity index (χ0v) is 15.8. The van der Waals surface area contributed by atoms with Crippen LogP contribution < -0.4 is 5.56 Å². The molecule has 134 valence electrons. The molecule has 0 unspecified atom stereocenters. The third-order valence-corrected chi connectivity index (χ3v) is 6.27. The van der Waals surface area contributed by atoms with Gasteiger partial charge in [0.1, 0.15) is 4.83 Å². The van der Waals surface area contributed by atoms with Crippen molar-refractivity contribution in [2.24, 2.45) is 0 Å². The lowest BCUT2D eigenvalue weighted by Gasteiger charge is -2.10. The van der Waals surface area contributed by atoms with Crippen LogP contribution in [0.4, 0.5) is 0 Å². The van der Waals surface area contributed by atoms with E-state index in [1.54, 1.807) is 11.3 Å². The van der Waals surface area contributed by atoms with E-state index in [0.717, 1.165) is 42.3 Å². The molecule has 2 aromatic heterocycles. The van der Waals surface area contributed by atoms with Crippen LogP contribution in [0.1, 0.15) is 52.5 Å². The summed E-state index contributed by atoms with van der Waals surface area (Å²) < 4.78 is 1.46. The molecular weight excluding hydrogens is 344 g/mol. The molecule has 4 rings (SSSR count). The van der Waals surface area contributed by atoms with Gasteiger partial charge in [-0.2, -0.15) is 0 Å². The molecule has 1 aromatic carbocycles. The summed E-state index contributed by atoms with van der Waals surface area (Å²) in [5.41, 5.74) is 2.96. The Labute approximate surface area is 156 Å². The number of hydrogen-bond acceptors (Lipinski definition) is 4. The van der Waals surface area contributed by atoms with Crippen LogP contribution in [0.15, 0.2) is 35.4 Å². The van der Waals surface area contributed by atoms with Crippen molar-refractivity contribution in [3.63, 3.8) is 0 Å². The molecule has 0 N–H and O–H groups in total. The molecule has 0 radical (unpaired) electrons. The number of hydrogen-bond donors (Lipinski definition) is 0. The van der Waals surface area contributed by atoms with Crippen molar-refractivity contribution in [3.05, 3.63) is 62.5 Å². The number of aromatic nitrogens is 2. The average molecular weight is 366 g/mol. The highest BCUT2D eigenvalue weighted by Gasteiger charge is 2.20. The summed E-state index contributed by atoms with van der Waals surface area (Å²) in [6.45, 7) is 2.18. The molecule has 0 atom stereocenters. The van der Waals surface area contributed by atoms with Gasteiger partial charge in [0.2, 0.25) is 0 Å². The molecule has 2 heterocycles. The Kier molecular flexibility index (Phi) is 4.72. The maximum atomic E-state index is 12.9. The Bertz CT molecular complexity index is 1010. The first-order chi connectivity index (χ1) is 12.7. The molecule has 0 amide bonds. The van der Waals surface area contributed by atoms with Crippen LogP contribution in [-0.2, 0) is 25.8 Å². The Hall–Kier alpha value is -2.27. The molecule has 0 aliphatic heterocycles. The highest BCUT2D eigenvalue weighted by atomic mass is 32.1. The minimum atomic E-state index is -0.0784. The average Bonchev–Trinajstić information content (AvgIpc) is 3.04. The van der Waals surface area contributed by atoms with E-state index >= 15 is 0 Å². The van der Waals surface area contributed by atoms with Gasteiger partial charge in [0, 0.05) is 10.4 Å². The molecule has 5 heteroatoms. The van der Waals surface area contributed by atoms with Gasteiger partial charge in [-0.05, 0) is 43.2 Å². The fourth-order valence-corrected chi connectivity index (χ4v) is 4.91. The fourth-order valence-electron chi connectivity index (χ4n) is 3.69. The molecule has 1 aliphatic carbocycles. The standard InChI is InChI=1S/C21H22N2O2S/c1-2-5-14-8-10-15(11-9-14)17(24)12-23-13-22-20-19(21(23)25)16-6-3-4-7-18(16)26-20/h8-11,13H,2-7,12H2,1H3. The lowest BCUT2D eigenvalue weighted by Crippen LogP contribution is -2.25. The fraction of sp³-hybridized carbons (Fsp3) is 0.381. The van der Waals surface area contributed by atoms with E-state index in [1.165, 1.54) is 33.3 Å². The monoisotopic (exact) mass is 366 g/mol. The minimum absolute atomic E-state index is 0.0412. The number of nitrogens with zero attached hydrogens (tertiary/aromatic N) is 2. The highest BCUT2D eigenvalue weighted by Crippen LogP contribution is 2.33. The first-order valence-corrected chi connectivity index (χ1v) is 10.1. The van der Waals surface area contributed by atoms with Crippen molar-refractivity contribution >= 4 is 27.3 Å². The summed E-state index contributed by atoms with van der Waals surface area (Å²) in [6.07, 6.45) is 7.91. The maximum Gasteiger partial charge on any atom is 0.262 e. The SMILES string of the molecule is CCCc1ccc(C(=O)Cn2cnc3sc4c(c3c2=O)CCCC4)cc1. The van der Waals surface area contributed by atoms with E-state index in [1.807, 2.05) is 24.3 Å². The van der Waals surface area contributed by atoms with Gasteiger partial charge in [-0.3, -0.25) is 14.2 Å². The zero-order chi connectivity index (χ0) is 18.1. The Morgan fingerprint density at radius 3 is 2.73 bits per heavy atom. The van der Waals surface area contributed by atoms with Crippen LogP contribution in [-0.4, -0.2) is 15.3 Å². The predicted molar refractivity (Wildman–Crippen MR) is 105 cm³/mol. The number of carbonyl (C=O) groups is 1. The van der Waals surface area contributed by atoms with Crippen molar-refractivity contribution in [2.45, 2.75) is 52.0 Å². The van der Waals surface area contributed by atoms with Crippen molar-refractivity contribution < 1.29 is 4.79 Å². The van der Waals surface area contributed by atoms with Crippen LogP contribution in [0, 0.1) is 0 Å². The van der Waals surface area contributed by atoms with Gasteiger partial charge in [0.05, 0.1) is 18.3 Å². The topological polar surface area (TPSA) is 52.0 Å². The van der Waals surface area contributed by atoms with Crippen molar-refractivity contribution in [2.75, 3.05) is 0 Å². The lowest BCUT2D eigenvalue weighted by molar-refractivity contribution is 0.0970. The summed E-state index contributed by atoms with van der Waals surface area (Å²) in [5.74, 6) is -0.0552. The summed E-state index contributed by atoms with van der Waals surface area (Å²) in [5, 5.41) is 0.735. The lowest BCUT2D eigenvalue weighted by atomic mass is 9.97. The van der Waals surface area contributed by atoms with Crippen molar-refractivity contribution in [3.8, 4) is 0 Å². The molecule has 1 aliphatic rings. The zero-order valence-electron chi connectivity index (χ0n) is 15.0. The molecule has 0 spiro atoms. The summed E-state index contributed by atoms with van der Waals surface area (Å²) in [7, 11) is 0. The van der Waals surface area contributed by atoms with Gasteiger partial charge >= 0.3 is 0 Å². The van der Waals surface area contributed by atoms with Crippen LogP contribution in [0.3, 0.4) is 0 Å². The second-order valence-corrected chi connectivity index (χ2v) is 8.02. The van der Waals surface area contributed by atoms with E-state index in [9.17, 15) is 9.59 Å². The van der Waals surface area contributed by atoms with Gasteiger partial charge in [-0.15, -0.1) is 11.3 Å². The molecule has 4 nitrogen and oxygen atoms in total. The third-order valence-electron chi connectivity index (χ3n) is 5.07. The normalized spacial score (nSPS) is 13.7. The van der Waals surface area contributed by atoms with Gasteiger partial charge in [0.15, 0.2) is 5.78 Å². The maximum absolute atomic E-state index is 12.9. The van der Waals surface area contributed by atoms with Gasteiger partial charge in [0.25, 0.3) is 5.56 Å². The number of thiophene rings is 1. The number of rotatable bonds is 5. The van der Waals surface area contributed by atoms with Gasteiger partial charge < -0.3 is 0 Å². The third kappa shape index (κ3) is 3.12. The number of Topliss-reactive ketones (excluding diaryl/α,β-unsaturated/α-hetero) is 1. The molecule has 0 fully saturated rings. The second-order valence-electron chi connectivity index (χ2n) is 6.94. The second kappa shape index (κ2) is 7.16. The smallest absolute Gasteiger partial charge is 0.262 e. The van der Waals surface area contributed by atoms with Crippen molar-refractivity contribution in [1.29, 1.82) is 0 Å². The molecule has 3 aromatic rings. The molecule has 0 saturated heterocycles. The largest absolute Gasteiger partial charge is 0.292 e. The van der Waals surface area contributed by atoms with Crippen LogP contribution >= 0.6 is 11.3 Å². The Morgan fingerprint density at radius 1 is 1.19 bits per heavy atom. The Balaban J connectivity index is 1.63. The van der Waals surface area contributed by atoms with E-state index in [-0.39, 0.29) is 17.9 Å². The quantitative estimate of drug-likeness (QED) is 0.637. The number of aryl methyl sites for hydroxylation is 3. The van der Waals surface area contributed by atoms with Crippen LogP contribution in [0.25, 0.3) is 10.2 Å². The summed E-state index contributed by atoms with van der Waals surface area (Å²) in [4.78, 5) is 32.1. The van der Waals surface area contributed by atoms with E-state index in [2.05, 4.69) is 11.9 Å². The van der Waals surface area contributed by atoms with E-state index in [4.69, 9.17) is 0 Å². The van der Waals surface area contributed by atoms with E-state index < -0.39 is 0 Å². The predicted octanol–water partition coefficient (Wildman–Crippen LogP) is 4.17. The van der Waals surface area contributed by atoms with Crippen LogP contribution in [0.2, 0.25) is 0 Å². The Morgan fingerprint density at radius 2 is 1.96 bits per heavy atom. The minimum Gasteiger partial charge on any atom is -0.292 e. The van der Waals surface area contributed by atoms with Gasteiger partial charge in [-0.1, -0.05) is 37.6 Å². The number of carbonyl (C=O) groups excluding carboxylic acids is 1. The first kappa shape index (κ1) is 17.2. The van der Waals surface area contributed by atoms with Gasteiger partial charge in [-0.25, -0.2) is 4.98 Å². The molecule has 0 bridgehead atoms. The molecular formula is C21H22N2O2S. The van der Waals surface area contributed by atoms with Crippen LogP contribution in [0.5, 0.6) is 0 Å². The summed E-state index contributed by atoms with van der Waals surface area (Å²) in [6, 6.07) is 7.71. The molecule has 26 heavy (non-hydrogen) atoms. The number of ketones is 1. The highest BCUT2D eigenvalue weighted by molar-refractivity contribution is 7.18. The summed E-state index contributed by atoms with van der Waals surface area (Å²) >= 11 is 1.63.